The van der Waals surface area contributed by atoms with Crippen molar-refractivity contribution in [3.63, 3.8) is 0 Å². The van der Waals surface area contributed by atoms with E-state index in [9.17, 15) is 0 Å². The lowest BCUT2D eigenvalue weighted by Crippen LogP contribution is -2.23. The molecule has 3 aromatic heterocycles. The average Bonchev–Trinajstić information content (AvgIpc) is 3.14. The maximum absolute atomic E-state index is 5.53. The van der Waals surface area contributed by atoms with Crippen LogP contribution in [0, 0.1) is 19.8 Å². The minimum atomic E-state index is 0.253. The molecule has 4 rings (SSSR count). The van der Waals surface area contributed by atoms with Crippen LogP contribution in [0.3, 0.4) is 0 Å². The van der Waals surface area contributed by atoms with Gasteiger partial charge in [-0.25, -0.2) is 9.50 Å². The Labute approximate surface area is 133 Å². The second-order valence-electron chi connectivity index (χ2n) is 6.24. The number of hydrogen-bond donors (Lipinski definition) is 0. The van der Waals surface area contributed by atoms with Gasteiger partial charge >= 0.3 is 0 Å². The van der Waals surface area contributed by atoms with Gasteiger partial charge in [-0.15, -0.1) is 0 Å². The Bertz CT molecular complexity index is 853. The lowest BCUT2D eigenvalue weighted by Gasteiger charge is -2.25. The number of rotatable bonds is 2. The summed E-state index contributed by atoms with van der Waals surface area (Å²) in [5.41, 5.74) is 3.53. The second kappa shape index (κ2) is 5.42. The summed E-state index contributed by atoms with van der Waals surface area (Å²) in [5, 5.41) is 8.54. The zero-order chi connectivity index (χ0) is 16.0. The first-order chi connectivity index (χ1) is 11.1. The molecular formula is C16H19N5O2. The van der Waals surface area contributed by atoms with Gasteiger partial charge < -0.3 is 9.26 Å². The van der Waals surface area contributed by atoms with Crippen LogP contribution in [-0.4, -0.2) is 38.0 Å². The van der Waals surface area contributed by atoms with Crippen molar-refractivity contribution < 1.29 is 9.26 Å². The molecule has 3 aromatic rings. The maximum Gasteiger partial charge on any atom is 0.230 e. The van der Waals surface area contributed by atoms with E-state index in [1.165, 1.54) is 0 Å². The molecule has 4 heterocycles. The van der Waals surface area contributed by atoms with Crippen molar-refractivity contribution in [3.05, 3.63) is 29.5 Å². The molecule has 1 aliphatic rings. The summed E-state index contributed by atoms with van der Waals surface area (Å²) < 4.78 is 12.8. The predicted octanol–water partition coefficient (Wildman–Crippen LogP) is 2.54. The molecule has 0 bridgehead atoms. The number of ether oxygens (including phenoxy) is 1. The quantitative estimate of drug-likeness (QED) is 0.723. The van der Waals surface area contributed by atoms with Crippen LogP contribution < -0.4 is 0 Å². The van der Waals surface area contributed by atoms with Crippen LogP contribution in [0.2, 0.25) is 0 Å². The van der Waals surface area contributed by atoms with E-state index in [2.05, 4.69) is 27.1 Å². The maximum atomic E-state index is 5.53. The highest BCUT2D eigenvalue weighted by Gasteiger charge is 2.29. The number of aryl methyl sites for hydroxylation is 2. The molecule has 0 spiro atoms. The molecule has 1 saturated heterocycles. The predicted molar refractivity (Wildman–Crippen MR) is 83.1 cm³/mol. The third-order valence-corrected chi connectivity index (χ3v) is 4.42. The fourth-order valence-corrected chi connectivity index (χ4v) is 3.17. The molecule has 0 unspecified atom stereocenters. The van der Waals surface area contributed by atoms with E-state index in [4.69, 9.17) is 9.26 Å². The first kappa shape index (κ1) is 14.3. The minimum absolute atomic E-state index is 0.253. The highest BCUT2D eigenvalue weighted by atomic mass is 16.5. The van der Waals surface area contributed by atoms with Crippen molar-refractivity contribution in [2.45, 2.75) is 33.1 Å². The highest BCUT2D eigenvalue weighted by Crippen LogP contribution is 2.32. The van der Waals surface area contributed by atoms with Gasteiger partial charge in [-0.2, -0.15) is 10.1 Å². The molecule has 1 aliphatic heterocycles. The highest BCUT2D eigenvalue weighted by molar-refractivity contribution is 5.72. The Kier molecular flexibility index (Phi) is 3.37. The SMILES string of the molecule is Cc1cc(C)n2ncc(-c3noc([C@H]4CCOC[C@@H]4C)n3)c2n1. The van der Waals surface area contributed by atoms with Gasteiger partial charge in [0.05, 0.1) is 11.8 Å². The fourth-order valence-electron chi connectivity index (χ4n) is 3.17. The van der Waals surface area contributed by atoms with Crippen molar-refractivity contribution in [2.75, 3.05) is 13.2 Å². The molecule has 2 atom stereocenters. The molecule has 7 nitrogen and oxygen atoms in total. The largest absolute Gasteiger partial charge is 0.381 e. The molecule has 0 aromatic carbocycles. The summed E-state index contributed by atoms with van der Waals surface area (Å²) in [6, 6.07) is 2.00. The fraction of sp³-hybridized carbons (Fsp3) is 0.500. The van der Waals surface area contributed by atoms with E-state index in [0.29, 0.717) is 17.6 Å². The van der Waals surface area contributed by atoms with Gasteiger partial charge in [-0.1, -0.05) is 12.1 Å². The Balaban J connectivity index is 1.74. The van der Waals surface area contributed by atoms with Crippen molar-refractivity contribution >= 4 is 5.65 Å². The van der Waals surface area contributed by atoms with E-state index in [0.717, 1.165) is 42.2 Å². The van der Waals surface area contributed by atoms with Crippen LogP contribution in [0.4, 0.5) is 0 Å². The van der Waals surface area contributed by atoms with Crippen molar-refractivity contribution in [1.29, 1.82) is 0 Å². The van der Waals surface area contributed by atoms with Gasteiger partial charge in [0.25, 0.3) is 0 Å². The third-order valence-electron chi connectivity index (χ3n) is 4.42. The van der Waals surface area contributed by atoms with E-state index in [-0.39, 0.29) is 5.92 Å². The zero-order valence-electron chi connectivity index (χ0n) is 13.5. The summed E-state index contributed by atoms with van der Waals surface area (Å²) in [5.74, 6) is 1.86. The van der Waals surface area contributed by atoms with Crippen LogP contribution in [0.15, 0.2) is 16.8 Å². The van der Waals surface area contributed by atoms with Crippen molar-refractivity contribution in [2.24, 2.45) is 5.92 Å². The molecule has 0 amide bonds. The van der Waals surface area contributed by atoms with E-state index in [1.807, 2.05) is 19.9 Å². The van der Waals surface area contributed by atoms with Crippen LogP contribution >= 0.6 is 0 Å². The van der Waals surface area contributed by atoms with Gasteiger partial charge in [-0.3, -0.25) is 0 Å². The Morgan fingerprint density at radius 2 is 2.13 bits per heavy atom. The lowest BCUT2D eigenvalue weighted by molar-refractivity contribution is 0.0392. The summed E-state index contributed by atoms with van der Waals surface area (Å²) >= 11 is 0. The molecule has 120 valence electrons. The van der Waals surface area contributed by atoms with Gasteiger partial charge in [0, 0.05) is 30.5 Å². The molecule has 0 radical (unpaired) electrons. The number of aromatic nitrogens is 5. The number of hydrogen-bond acceptors (Lipinski definition) is 6. The Hall–Kier alpha value is -2.28. The zero-order valence-corrected chi connectivity index (χ0v) is 13.5. The van der Waals surface area contributed by atoms with Crippen LogP contribution in [0.1, 0.15) is 36.5 Å². The molecular weight excluding hydrogens is 294 g/mol. The van der Waals surface area contributed by atoms with Crippen molar-refractivity contribution in [1.82, 2.24) is 24.7 Å². The van der Waals surface area contributed by atoms with Gasteiger partial charge in [0.1, 0.15) is 0 Å². The van der Waals surface area contributed by atoms with E-state index >= 15 is 0 Å². The first-order valence-electron chi connectivity index (χ1n) is 7.87. The third kappa shape index (κ3) is 2.41. The summed E-state index contributed by atoms with van der Waals surface area (Å²) in [6.45, 7) is 7.60. The normalized spacial score (nSPS) is 21.9. The summed E-state index contributed by atoms with van der Waals surface area (Å²) in [4.78, 5) is 9.18. The molecule has 0 saturated carbocycles. The van der Waals surface area contributed by atoms with Gasteiger partial charge in [0.15, 0.2) is 5.65 Å². The molecule has 1 fully saturated rings. The monoisotopic (exact) mass is 313 g/mol. The minimum Gasteiger partial charge on any atom is -0.381 e. The number of nitrogens with zero attached hydrogens (tertiary/aromatic N) is 5. The summed E-state index contributed by atoms with van der Waals surface area (Å²) in [7, 11) is 0. The smallest absolute Gasteiger partial charge is 0.230 e. The standard InChI is InChI=1S/C16H19N5O2/c1-9-8-22-5-4-12(9)16-19-14(20-23-16)13-7-17-21-11(3)6-10(2)18-15(13)21/h6-7,9,12H,4-5,8H2,1-3H3/t9-,12-/m0/s1. The first-order valence-corrected chi connectivity index (χ1v) is 7.87. The number of fused-ring (bicyclic) bond motifs is 1. The van der Waals surface area contributed by atoms with Gasteiger partial charge in [-0.05, 0) is 32.3 Å². The van der Waals surface area contributed by atoms with E-state index < -0.39 is 0 Å². The lowest BCUT2D eigenvalue weighted by atomic mass is 9.90. The van der Waals surface area contributed by atoms with Crippen molar-refractivity contribution in [3.8, 4) is 11.4 Å². The summed E-state index contributed by atoms with van der Waals surface area (Å²) in [6.07, 6.45) is 2.66. The van der Waals surface area contributed by atoms with Crippen LogP contribution in [-0.2, 0) is 4.74 Å². The van der Waals surface area contributed by atoms with E-state index in [1.54, 1.807) is 10.7 Å². The second-order valence-corrected chi connectivity index (χ2v) is 6.24. The van der Waals surface area contributed by atoms with Crippen LogP contribution in [0.5, 0.6) is 0 Å². The molecule has 0 N–H and O–H groups in total. The Morgan fingerprint density at radius 3 is 2.96 bits per heavy atom. The van der Waals surface area contributed by atoms with Gasteiger partial charge in [0.2, 0.25) is 11.7 Å². The average molecular weight is 313 g/mol. The molecule has 7 heteroatoms. The molecule has 23 heavy (non-hydrogen) atoms. The molecule has 0 aliphatic carbocycles. The topological polar surface area (TPSA) is 78.3 Å². The Morgan fingerprint density at radius 1 is 1.26 bits per heavy atom. The van der Waals surface area contributed by atoms with Crippen LogP contribution in [0.25, 0.3) is 17.0 Å².